The van der Waals surface area contributed by atoms with Gasteiger partial charge in [0.15, 0.2) is 0 Å². The van der Waals surface area contributed by atoms with Crippen molar-refractivity contribution in [3.8, 4) is 0 Å². The molecule has 0 unspecified atom stereocenters. The Morgan fingerprint density at radius 3 is 1.17 bits per heavy atom. The van der Waals surface area contributed by atoms with Crippen molar-refractivity contribution in [3.05, 3.63) is 139 Å². The van der Waals surface area contributed by atoms with Crippen LogP contribution in [0.1, 0.15) is 68.2 Å². The standard InChI is InChI=1S/C43H55IO2Si2/c1-36(23-21-22-32-44)33-43(8,34-45-47(41(2,3)4,37-24-13-9-14-25-37)38-26-15-10-16-27-38)35-46-48(42(5,6)7,39-28-17-11-18-29-39)40-30-19-12-20-31-40/h9-21,24-31H,22,32-35H2,1-8H3. The van der Waals surface area contributed by atoms with E-state index in [9.17, 15) is 0 Å². The molecule has 0 atom stereocenters. The van der Waals surface area contributed by atoms with E-state index in [0.29, 0.717) is 13.2 Å². The second kappa shape index (κ2) is 16.5. The van der Waals surface area contributed by atoms with Gasteiger partial charge in [0.25, 0.3) is 16.6 Å². The zero-order valence-corrected chi connectivity index (χ0v) is 34.5. The van der Waals surface area contributed by atoms with Crippen LogP contribution in [-0.4, -0.2) is 34.3 Å². The quantitative estimate of drug-likeness (QED) is 0.0549. The van der Waals surface area contributed by atoms with Gasteiger partial charge in [0, 0.05) is 23.1 Å². The molecule has 5 heteroatoms. The van der Waals surface area contributed by atoms with Crippen molar-refractivity contribution < 1.29 is 8.85 Å². The number of allylic oxidation sites excluding steroid dienone is 1. The van der Waals surface area contributed by atoms with Crippen molar-refractivity contribution in [2.75, 3.05) is 17.6 Å². The molecule has 4 aromatic rings. The maximum atomic E-state index is 7.64. The molecule has 48 heavy (non-hydrogen) atoms. The van der Waals surface area contributed by atoms with Crippen molar-refractivity contribution in [3.63, 3.8) is 0 Å². The lowest BCUT2D eigenvalue weighted by Crippen LogP contribution is -2.68. The summed E-state index contributed by atoms with van der Waals surface area (Å²) < 4.78 is 16.4. The number of hydrogen-bond acceptors (Lipinski definition) is 2. The van der Waals surface area contributed by atoms with E-state index in [2.05, 4.69) is 211 Å². The van der Waals surface area contributed by atoms with E-state index in [1.54, 1.807) is 0 Å². The third-order valence-corrected chi connectivity index (χ3v) is 20.0. The molecule has 0 radical (unpaired) electrons. The largest absolute Gasteiger partial charge is 0.407 e. The Kier molecular flexibility index (Phi) is 13.1. The molecule has 0 aliphatic rings. The Morgan fingerprint density at radius 1 is 0.583 bits per heavy atom. The van der Waals surface area contributed by atoms with Gasteiger partial charge >= 0.3 is 0 Å². The summed E-state index contributed by atoms with van der Waals surface area (Å²) in [5.74, 6) is 0. The minimum absolute atomic E-state index is 0.111. The highest BCUT2D eigenvalue weighted by Crippen LogP contribution is 2.41. The maximum Gasteiger partial charge on any atom is 0.261 e. The average molecular weight is 787 g/mol. The molecule has 0 aromatic heterocycles. The maximum absolute atomic E-state index is 7.64. The number of halogens is 1. The Morgan fingerprint density at radius 2 is 0.896 bits per heavy atom. The summed E-state index contributed by atoms with van der Waals surface area (Å²) in [4.78, 5) is 0. The Balaban J connectivity index is 1.86. The summed E-state index contributed by atoms with van der Waals surface area (Å²) in [5.41, 5.74) is 4.54. The number of alkyl halides is 1. The fraction of sp³-hybridized carbons (Fsp3) is 0.372. The first kappa shape index (κ1) is 38.3. The van der Waals surface area contributed by atoms with Gasteiger partial charge in [-0.3, -0.25) is 0 Å². The predicted octanol–water partition coefficient (Wildman–Crippen LogP) is 9.46. The highest BCUT2D eigenvalue weighted by Gasteiger charge is 2.53. The molecule has 2 nitrogen and oxygen atoms in total. The molecule has 254 valence electrons. The number of benzene rings is 4. The Bertz CT molecular complexity index is 1430. The first-order chi connectivity index (χ1) is 22.8. The van der Waals surface area contributed by atoms with Crippen molar-refractivity contribution in [1.29, 1.82) is 0 Å². The average Bonchev–Trinajstić information content (AvgIpc) is 3.06. The highest BCUT2D eigenvalue weighted by atomic mass is 127. The van der Waals surface area contributed by atoms with E-state index in [1.165, 1.54) is 26.3 Å². The van der Waals surface area contributed by atoms with Crippen LogP contribution in [0.25, 0.3) is 0 Å². The van der Waals surface area contributed by atoms with Crippen LogP contribution >= 0.6 is 22.6 Å². The van der Waals surface area contributed by atoms with Crippen molar-refractivity contribution in [1.82, 2.24) is 0 Å². The Hall–Kier alpha value is -2.52. The van der Waals surface area contributed by atoms with Gasteiger partial charge in [-0.15, -0.1) is 5.73 Å². The summed E-state index contributed by atoms with van der Waals surface area (Å²) in [6.45, 7) is 19.9. The van der Waals surface area contributed by atoms with Gasteiger partial charge < -0.3 is 8.85 Å². The molecule has 0 amide bonds. The fourth-order valence-corrected chi connectivity index (χ4v) is 17.0. The summed E-state index contributed by atoms with van der Waals surface area (Å²) in [6.07, 6.45) is 4.04. The second-order valence-corrected chi connectivity index (χ2v) is 25.2. The van der Waals surface area contributed by atoms with E-state index in [1.807, 2.05) is 0 Å². The lowest BCUT2D eigenvalue weighted by Gasteiger charge is -2.47. The second-order valence-electron chi connectivity index (χ2n) is 15.5. The molecule has 0 spiro atoms. The lowest BCUT2D eigenvalue weighted by molar-refractivity contribution is 0.0843. The summed E-state index contributed by atoms with van der Waals surface area (Å²) in [5, 5.41) is 4.98. The zero-order valence-electron chi connectivity index (χ0n) is 30.4. The molecule has 0 saturated heterocycles. The third-order valence-electron chi connectivity index (χ3n) is 9.40. The van der Waals surface area contributed by atoms with Gasteiger partial charge in [-0.1, -0.05) is 192 Å². The summed E-state index contributed by atoms with van der Waals surface area (Å²) in [6, 6.07) is 43.9. The van der Waals surface area contributed by atoms with Gasteiger partial charge in [-0.2, -0.15) is 0 Å². The zero-order chi connectivity index (χ0) is 34.9. The van der Waals surface area contributed by atoms with Gasteiger partial charge in [-0.05, 0) is 62.2 Å². The first-order valence-corrected chi connectivity index (χ1v) is 22.6. The summed E-state index contributed by atoms with van der Waals surface area (Å²) in [7, 11) is -5.53. The summed E-state index contributed by atoms with van der Waals surface area (Å²) >= 11 is 2.43. The first-order valence-electron chi connectivity index (χ1n) is 17.3. The number of rotatable bonds is 14. The van der Waals surface area contributed by atoms with Crippen LogP contribution in [-0.2, 0) is 8.85 Å². The van der Waals surface area contributed by atoms with Crippen LogP contribution in [0, 0.1) is 5.41 Å². The smallest absolute Gasteiger partial charge is 0.261 e. The van der Waals surface area contributed by atoms with Crippen LogP contribution < -0.4 is 20.7 Å². The molecule has 0 aliphatic heterocycles. The van der Waals surface area contributed by atoms with E-state index >= 15 is 0 Å². The molecular weight excluding hydrogens is 732 g/mol. The number of hydrogen-bond donors (Lipinski definition) is 0. The normalized spacial score (nSPS) is 12.8. The van der Waals surface area contributed by atoms with E-state index in [-0.39, 0.29) is 15.5 Å². The predicted molar refractivity (Wildman–Crippen MR) is 221 cm³/mol. The monoisotopic (exact) mass is 786 g/mol. The van der Waals surface area contributed by atoms with Crippen LogP contribution in [0.3, 0.4) is 0 Å². The molecule has 0 N–H and O–H groups in total. The molecule has 4 aromatic carbocycles. The van der Waals surface area contributed by atoms with E-state index < -0.39 is 16.6 Å². The molecule has 0 fully saturated rings. The lowest BCUT2D eigenvalue weighted by atomic mass is 9.86. The molecule has 0 saturated carbocycles. The molecular formula is C43H55IO2Si2. The topological polar surface area (TPSA) is 18.5 Å². The van der Waals surface area contributed by atoms with Crippen LogP contribution in [0.4, 0.5) is 0 Å². The minimum atomic E-state index is -2.76. The molecule has 0 bridgehead atoms. The SMILES string of the molecule is CC(=C=CCCI)CC(C)(CO[Si](c1ccccc1)(c1ccccc1)C(C)(C)C)CO[Si](c1ccccc1)(c1ccccc1)C(C)(C)C. The van der Waals surface area contributed by atoms with Gasteiger partial charge in [0.05, 0.1) is 0 Å². The van der Waals surface area contributed by atoms with Crippen molar-refractivity contribution in [2.24, 2.45) is 5.41 Å². The van der Waals surface area contributed by atoms with Gasteiger partial charge in [0.2, 0.25) is 0 Å². The fourth-order valence-electron chi connectivity index (χ4n) is 7.22. The van der Waals surface area contributed by atoms with Gasteiger partial charge in [-0.25, -0.2) is 0 Å². The molecule has 4 rings (SSSR count). The third kappa shape index (κ3) is 8.61. The van der Waals surface area contributed by atoms with E-state index in [4.69, 9.17) is 8.85 Å². The van der Waals surface area contributed by atoms with Crippen LogP contribution in [0.2, 0.25) is 10.1 Å². The van der Waals surface area contributed by atoms with Crippen molar-refractivity contribution >= 4 is 60.0 Å². The molecule has 0 heterocycles. The van der Waals surface area contributed by atoms with Gasteiger partial charge in [0.1, 0.15) is 0 Å². The minimum Gasteiger partial charge on any atom is -0.407 e. The molecule has 0 aliphatic carbocycles. The van der Waals surface area contributed by atoms with Crippen LogP contribution in [0.5, 0.6) is 0 Å². The highest BCUT2D eigenvalue weighted by molar-refractivity contribution is 14.1. The van der Waals surface area contributed by atoms with Crippen molar-refractivity contribution in [2.45, 2.75) is 78.3 Å². The van der Waals surface area contributed by atoms with Crippen LogP contribution in [0.15, 0.2) is 139 Å². The van der Waals surface area contributed by atoms with E-state index in [0.717, 1.165) is 17.3 Å². The Labute approximate surface area is 307 Å².